The number of rotatable bonds is 6. The van der Waals surface area contributed by atoms with Gasteiger partial charge >= 0.3 is 6.03 Å². The highest BCUT2D eigenvalue weighted by Gasteiger charge is 2.45. The molecule has 0 saturated carbocycles. The van der Waals surface area contributed by atoms with Crippen molar-refractivity contribution in [1.82, 2.24) is 20.5 Å². The van der Waals surface area contributed by atoms with Gasteiger partial charge in [0, 0.05) is 47.8 Å². The Morgan fingerprint density at radius 1 is 1.00 bits per heavy atom. The number of imide groups is 1. The van der Waals surface area contributed by atoms with Gasteiger partial charge in [-0.3, -0.25) is 14.9 Å². The minimum atomic E-state index is -1.25. The minimum absolute atomic E-state index is 0.0385. The van der Waals surface area contributed by atoms with E-state index in [1.165, 1.54) is 19.9 Å². The van der Waals surface area contributed by atoms with E-state index in [0.29, 0.717) is 48.7 Å². The van der Waals surface area contributed by atoms with Crippen molar-refractivity contribution in [3.63, 3.8) is 0 Å². The van der Waals surface area contributed by atoms with E-state index in [0.717, 1.165) is 5.56 Å². The Bertz CT molecular complexity index is 1540. The van der Waals surface area contributed by atoms with E-state index in [4.69, 9.17) is 9.47 Å². The molecule has 4 amide bonds. The van der Waals surface area contributed by atoms with Crippen LogP contribution in [0.25, 0.3) is 11.3 Å². The average molecular weight is 591 g/mol. The van der Waals surface area contributed by atoms with Crippen LogP contribution in [-0.4, -0.2) is 71.3 Å². The zero-order chi connectivity index (χ0) is 30.9. The van der Waals surface area contributed by atoms with E-state index < -0.39 is 34.7 Å². The summed E-state index contributed by atoms with van der Waals surface area (Å²) in [4.78, 5) is 45.2. The highest BCUT2D eigenvalue weighted by atomic mass is 19.1. The molecule has 5 rings (SSSR count). The van der Waals surface area contributed by atoms with Crippen LogP contribution >= 0.6 is 0 Å². The molecule has 0 unspecified atom stereocenters. The van der Waals surface area contributed by atoms with Crippen molar-refractivity contribution in [3.8, 4) is 22.9 Å². The molecule has 0 radical (unpaired) electrons. The van der Waals surface area contributed by atoms with Crippen LogP contribution in [0.1, 0.15) is 55.1 Å². The maximum absolute atomic E-state index is 15.1. The molecule has 10 nitrogen and oxygen atoms in total. The summed E-state index contributed by atoms with van der Waals surface area (Å²) in [7, 11) is 0. The number of nitrogens with zero attached hydrogens (tertiary/aromatic N) is 2. The van der Waals surface area contributed by atoms with Crippen molar-refractivity contribution in [2.45, 2.75) is 39.2 Å². The average Bonchev–Trinajstić information content (AvgIpc) is 2.98. The van der Waals surface area contributed by atoms with Crippen molar-refractivity contribution in [3.05, 3.63) is 77.1 Å². The predicted octanol–water partition coefficient (Wildman–Crippen LogP) is 4.22. The normalized spacial score (nSPS) is 16.4. The molecule has 2 aliphatic rings. The SMILES string of the molecule is CC(C)(O)CNC(=O)NC(=O)C(C)(C)[C@@H]1c2ccc(-c3ccc(C(=O)N4CCOCC4)cc3)nc2Oc2c(F)cccc21. The van der Waals surface area contributed by atoms with Crippen LogP contribution in [0.4, 0.5) is 9.18 Å². The number of urea groups is 1. The Labute approximate surface area is 249 Å². The van der Waals surface area contributed by atoms with Gasteiger partial charge in [-0.25, -0.2) is 14.2 Å². The summed E-state index contributed by atoms with van der Waals surface area (Å²) in [6.07, 6.45) is 0. The van der Waals surface area contributed by atoms with Crippen LogP contribution in [-0.2, 0) is 9.53 Å². The summed E-state index contributed by atoms with van der Waals surface area (Å²) < 4.78 is 26.4. The number of amides is 4. The van der Waals surface area contributed by atoms with Crippen LogP contribution in [0, 0.1) is 11.2 Å². The van der Waals surface area contributed by atoms with Crippen LogP contribution in [0.2, 0.25) is 0 Å². The number of nitrogens with one attached hydrogen (secondary N) is 2. The summed E-state index contributed by atoms with van der Waals surface area (Å²) in [5.41, 5.74) is 0.404. The first-order valence-electron chi connectivity index (χ1n) is 14.1. The minimum Gasteiger partial charge on any atom is -0.435 e. The first kappa shape index (κ1) is 30.1. The molecule has 1 fully saturated rings. The molecule has 0 bridgehead atoms. The maximum Gasteiger partial charge on any atom is 0.321 e. The number of halogens is 1. The largest absolute Gasteiger partial charge is 0.435 e. The monoisotopic (exact) mass is 590 g/mol. The molecule has 226 valence electrons. The van der Waals surface area contributed by atoms with Gasteiger partial charge in [-0.1, -0.05) is 44.2 Å². The van der Waals surface area contributed by atoms with E-state index in [9.17, 15) is 19.5 Å². The number of hydrogen-bond donors (Lipinski definition) is 3. The zero-order valence-electron chi connectivity index (χ0n) is 24.6. The maximum atomic E-state index is 15.1. The van der Waals surface area contributed by atoms with Crippen molar-refractivity contribution in [2.24, 2.45) is 5.41 Å². The van der Waals surface area contributed by atoms with Crippen molar-refractivity contribution in [1.29, 1.82) is 0 Å². The predicted molar refractivity (Wildman–Crippen MR) is 156 cm³/mol. The molecule has 3 aromatic rings. The molecule has 2 aromatic carbocycles. The van der Waals surface area contributed by atoms with Gasteiger partial charge in [-0.2, -0.15) is 0 Å². The highest BCUT2D eigenvalue weighted by molar-refractivity contribution is 5.98. The molecule has 1 saturated heterocycles. The van der Waals surface area contributed by atoms with E-state index in [1.54, 1.807) is 67.3 Å². The number of hydrogen-bond acceptors (Lipinski definition) is 7. The summed E-state index contributed by atoms with van der Waals surface area (Å²) in [5, 5.41) is 14.7. The second-order valence-corrected chi connectivity index (χ2v) is 11.9. The number of carbonyl (C=O) groups excluding carboxylic acids is 3. The first-order chi connectivity index (χ1) is 20.3. The summed E-state index contributed by atoms with van der Waals surface area (Å²) in [5.74, 6) is -1.88. The quantitative estimate of drug-likeness (QED) is 0.392. The van der Waals surface area contributed by atoms with Crippen molar-refractivity contribution < 1.29 is 33.4 Å². The molecule has 0 spiro atoms. The lowest BCUT2D eigenvalue weighted by molar-refractivity contribution is -0.129. The fourth-order valence-electron chi connectivity index (χ4n) is 5.28. The second-order valence-electron chi connectivity index (χ2n) is 11.9. The number of benzene rings is 2. The Balaban J connectivity index is 1.44. The topological polar surface area (TPSA) is 130 Å². The number of ether oxygens (including phenoxy) is 2. The summed E-state index contributed by atoms with van der Waals surface area (Å²) >= 11 is 0. The van der Waals surface area contributed by atoms with Gasteiger partial charge in [0.25, 0.3) is 5.91 Å². The zero-order valence-corrected chi connectivity index (χ0v) is 24.6. The van der Waals surface area contributed by atoms with Gasteiger partial charge in [0.15, 0.2) is 11.6 Å². The van der Waals surface area contributed by atoms with Gasteiger partial charge in [0.05, 0.1) is 29.9 Å². The lowest BCUT2D eigenvalue weighted by Crippen LogP contribution is -2.50. The number of aliphatic hydroxyl groups is 1. The lowest BCUT2D eigenvalue weighted by atomic mass is 9.69. The third-order valence-electron chi connectivity index (χ3n) is 7.65. The van der Waals surface area contributed by atoms with Crippen molar-refractivity contribution >= 4 is 17.8 Å². The van der Waals surface area contributed by atoms with Crippen LogP contribution in [0.15, 0.2) is 54.6 Å². The summed E-state index contributed by atoms with van der Waals surface area (Å²) in [6.45, 7) is 8.45. The third-order valence-corrected chi connectivity index (χ3v) is 7.65. The number of pyridine rings is 1. The number of carbonyl (C=O) groups is 3. The summed E-state index contributed by atoms with van der Waals surface area (Å²) in [6, 6.07) is 14.4. The fraction of sp³-hybridized carbons (Fsp3) is 0.375. The number of morpholine rings is 1. The Morgan fingerprint density at radius 3 is 2.37 bits per heavy atom. The molecule has 1 atom stereocenters. The standard InChI is InChI=1S/C32H35FN4O6/c1-31(2,41)18-34-30(40)36-29(39)32(3,4)25-21-6-5-7-23(33)26(21)43-27-22(25)12-13-24(35-27)19-8-10-20(11-9-19)28(38)37-14-16-42-17-15-37/h5-13,25,41H,14-18H2,1-4H3,(H2,34,36,39,40)/t25-/m0/s1. The number of para-hydroxylation sites is 1. The molecule has 1 aromatic heterocycles. The molecule has 43 heavy (non-hydrogen) atoms. The van der Waals surface area contributed by atoms with Crippen LogP contribution in [0.3, 0.4) is 0 Å². The van der Waals surface area contributed by atoms with E-state index in [-0.39, 0.29) is 24.1 Å². The molecular weight excluding hydrogens is 555 g/mol. The molecule has 3 N–H and O–H groups in total. The highest BCUT2D eigenvalue weighted by Crippen LogP contribution is 2.52. The molecule has 11 heteroatoms. The van der Waals surface area contributed by atoms with E-state index in [2.05, 4.69) is 15.6 Å². The van der Waals surface area contributed by atoms with Crippen molar-refractivity contribution in [2.75, 3.05) is 32.8 Å². The van der Waals surface area contributed by atoms with Gasteiger partial charge < -0.3 is 24.8 Å². The molecule has 3 heterocycles. The number of fused-ring (bicyclic) bond motifs is 2. The van der Waals surface area contributed by atoms with Crippen LogP contribution in [0.5, 0.6) is 11.6 Å². The lowest BCUT2D eigenvalue weighted by Gasteiger charge is -2.37. The van der Waals surface area contributed by atoms with Crippen LogP contribution < -0.4 is 15.4 Å². The molecule has 2 aliphatic heterocycles. The second kappa shape index (κ2) is 11.7. The fourth-order valence-corrected chi connectivity index (χ4v) is 5.28. The first-order valence-corrected chi connectivity index (χ1v) is 14.1. The van der Waals surface area contributed by atoms with Gasteiger partial charge in [0.1, 0.15) is 0 Å². The molecular formula is C32H35FN4O6. The molecule has 0 aliphatic carbocycles. The Hall–Kier alpha value is -4.35. The third kappa shape index (κ3) is 6.37. The number of aromatic nitrogens is 1. The van der Waals surface area contributed by atoms with E-state index in [1.807, 2.05) is 0 Å². The van der Waals surface area contributed by atoms with Gasteiger partial charge in [-0.05, 0) is 38.1 Å². The van der Waals surface area contributed by atoms with Gasteiger partial charge in [-0.15, -0.1) is 0 Å². The smallest absolute Gasteiger partial charge is 0.321 e. The van der Waals surface area contributed by atoms with Gasteiger partial charge in [0.2, 0.25) is 11.8 Å². The Morgan fingerprint density at radius 2 is 1.70 bits per heavy atom. The van der Waals surface area contributed by atoms with E-state index >= 15 is 4.39 Å². The Kier molecular flexibility index (Phi) is 8.22.